The molecule has 3 heteroatoms. The molecule has 0 unspecified atom stereocenters. The van der Waals surface area contributed by atoms with Crippen LogP contribution in [0, 0.1) is 23.2 Å². The highest BCUT2D eigenvalue weighted by Crippen LogP contribution is 2.61. The number of carbonyl (C=O) groups is 1. The minimum atomic E-state index is -0.396. The monoisotopic (exact) mass is 244 g/mol. The summed E-state index contributed by atoms with van der Waals surface area (Å²) in [5, 5.41) is -0.396. The summed E-state index contributed by atoms with van der Waals surface area (Å²) in [6.45, 7) is 5.55. The van der Waals surface area contributed by atoms with E-state index in [2.05, 4.69) is 13.8 Å². The molecule has 0 aromatic rings. The second-order valence-electron chi connectivity index (χ2n) is 5.89. The lowest BCUT2D eigenvalue weighted by Gasteiger charge is -2.60. The molecule has 3 atom stereocenters. The molecule has 3 aliphatic rings. The molecule has 0 heterocycles. The molecule has 3 rings (SSSR count). The van der Waals surface area contributed by atoms with Crippen LogP contribution in [0.1, 0.15) is 39.5 Å². The van der Waals surface area contributed by atoms with E-state index >= 15 is 0 Å². The minimum Gasteiger partial charge on any atom is -0.372 e. The molecule has 0 amide bonds. The fourth-order valence-corrected chi connectivity index (χ4v) is 3.77. The lowest BCUT2D eigenvalue weighted by Crippen LogP contribution is -2.52. The Morgan fingerprint density at radius 2 is 2.19 bits per heavy atom. The molecule has 2 bridgehead atoms. The first kappa shape index (κ1) is 12.4. The van der Waals surface area contributed by atoms with E-state index in [1.807, 2.05) is 0 Å². The van der Waals surface area contributed by atoms with Gasteiger partial charge in [0.2, 0.25) is 5.24 Å². The molecule has 0 aromatic carbocycles. The highest BCUT2D eigenvalue weighted by atomic mass is 35.5. The molecular weight excluding hydrogens is 224 g/mol. The first-order chi connectivity index (χ1) is 7.51. The van der Waals surface area contributed by atoms with Crippen molar-refractivity contribution in [2.24, 2.45) is 23.2 Å². The smallest absolute Gasteiger partial charge is 0.247 e. The molecule has 3 fully saturated rings. The average Bonchev–Trinajstić information content (AvgIpc) is 2.24. The SMILES string of the molecule is CC1(C)[C@H]2CC[C@@H](CCOCC(=O)Cl)[C@@H]1C2. The predicted molar refractivity (Wildman–Crippen MR) is 64.4 cm³/mol. The maximum Gasteiger partial charge on any atom is 0.247 e. The minimum absolute atomic E-state index is 0.0605. The Hall–Kier alpha value is -0.0800. The molecule has 0 radical (unpaired) electrons. The molecule has 0 aromatic heterocycles. The van der Waals surface area contributed by atoms with Gasteiger partial charge in [-0.2, -0.15) is 0 Å². The highest BCUT2D eigenvalue weighted by molar-refractivity contribution is 6.63. The molecule has 0 N–H and O–H groups in total. The molecule has 0 aliphatic heterocycles. The zero-order valence-electron chi connectivity index (χ0n) is 10.2. The van der Waals surface area contributed by atoms with Crippen LogP contribution in [0.15, 0.2) is 0 Å². The van der Waals surface area contributed by atoms with E-state index in [1.54, 1.807) is 0 Å². The third-order valence-electron chi connectivity index (χ3n) is 4.85. The van der Waals surface area contributed by atoms with Crippen molar-refractivity contribution in [2.45, 2.75) is 39.5 Å². The van der Waals surface area contributed by atoms with Crippen LogP contribution in [0.25, 0.3) is 0 Å². The second-order valence-corrected chi connectivity index (χ2v) is 6.32. The Kier molecular flexibility index (Phi) is 3.60. The van der Waals surface area contributed by atoms with Crippen molar-refractivity contribution in [3.05, 3.63) is 0 Å². The van der Waals surface area contributed by atoms with E-state index in [9.17, 15) is 4.79 Å². The topological polar surface area (TPSA) is 26.3 Å². The number of ether oxygens (including phenoxy) is 1. The van der Waals surface area contributed by atoms with Gasteiger partial charge in [0.1, 0.15) is 6.61 Å². The van der Waals surface area contributed by atoms with Crippen LogP contribution in [-0.2, 0) is 9.53 Å². The summed E-state index contributed by atoms with van der Waals surface area (Å²) in [6.07, 6.45) is 5.22. The quantitative estimate of drug-likeness (QED) is 0.548. The molecule has 0 saturated heterocycles. The average molecular weight is 245 g/mol. The Balaban J connectivity index is 1.72. The van der Waals surface area contributed by atoms with Crippen molar-refractivity contribution in [1.82, 2.24) is 0 Å². The third kappa shape index (κ3) is 2.28. The van der Waals surface area contributed by atoms with Gasteiger partial charge in [0.05, 0.1) is 0 Å². The first-order valence-corrected chi connectivity index (χ1v) is 6.65. The Labute approximate surface area is 103 Å². The van der Waals surface area contributed by atoms with Gasteiger partial charge in [-0.15, -0.1) is 0 Å². The van der Waals surface area contributed by atoms with Crippen LogP contribution < -0.4 is 0 Å². The normalized spacial score (nSPS) is 35.6. The van der Waals surface area contributed by atoms with Crippen LogP contribution >= 0.6 is 11.6 Å². The van der Waals surface area contributed by atoms with Crippen molar-refractivity contribution < 1.29 is 9.53 Å². The number of carbonyl (C=O) groups excluding carboxylic acids is 1. The maximum atomic E-state index is 10.5. The van der Waals surface area contributed by atoms with Crippen molar-refractivity contribution in [3.8, 4) is 0 Å². The number of halogens is 1. The van der Waals surface area contributed by atoms with Gasteiger partial charge in [-0.3, -0.25) is 4.79 Å². The molecule has 16 heavy (non-hydrogen) atoms. The fraction of sp³-hybridized carbons (Fsp3) is 0.923. The van der Waals surface area contributed by atoms with Crippen LogP contribution in [0.3, 0.4) is 0 Å². The predicted octanol–water partition coefficient (Wildman–Crippen LogP) is 3.23. The third-order valence-corrected chi connectivity index (χ3v) is 4.96. The molecule has 2 nitrogen and oxygen atoms in total. The fourth-order valence-electron chi connectivity index (χ4n) is 3.70. The molecule has 3 aliphatic carbocycles. The van der Waals surface area contributed by atoms with Gasteiger partial charge < -0.3 is 4.74 Å². The van der Waals surface area contributed by atoms with Gasteiger partial charge in [0, 0.05) is 6.61 Å². The van der Waals surface area contributed by atoms with E-state index in [4.69, 9.17) is 16.3 Å². The van der Waals surface area contributed by atoms with E-state index in [0.717, 1.165) is 24.2 Å². The van der Waals surface area contributed by atoms with Gasteiger partial charge >= 0.3 is 0 Å². The summed E-state index contributed by atoms with van der Waals surface area (Å²) in [5.41, 5.74) is 0.547. The van der Waals surface area contributed by atoms with E-state index in [0.29, 0.717) is 12.0 Å². The number of fused-ring (bicyclic) bond motifs is 2. The van der Waals surface area contributed by atoms with Crippen LogP contribution in [0.2, 0.25) is 0 Å². The Bertz CT molecular complexity index is 273. The summed E-state index contributed by atoms with van der Waals surface area (Å²) >= 11 is 5.22. The van der Waals surface area contributed by atoms with Crippen molar-refractivity contribution in [3.63, 3.8) is 0 Å². The summed E-state index contributed by atoms with van der Waals surface area (Å²) < 4.78 is 5.25. The van der Waals surface area contributed by atoms with Gasteiger partial charge in [-0.25, -0.2) is 0 Å². The number of rotatable bonds is 5. The zero-order chi connectivity index (χ0) is 11.8. The molecule has 92 valence electrons. The van der Waals surface area contributed by atoms with E-state index in [1.165, 1.54) is 19.3 Å². The van der Waals surface area contributed by atoms with E-state index in [-0.39, 0.29) is 6.61 Å². The Morgan fingerprint density at radius 1 is 1.44 bits per heavy atom. The largest absolute Gasteiger partial charge is 0.372 e. The highest BCUT2D eigenvalue weighted by Gasteiger charge is 2.53. The maximum absolute atomic E-state index is 10.5. The van der Waals surface area contributed by atoms with Crippen molar-refractivity contribution in [1.29, 1.82) is 0 Å². The van der Waals surface area contributed by atoms with Crippen molar-refractivity contribution >= 4 is 16.8 Å². The molecule has 0 spiro atoms. The van der Waals surface area contributed by atoms with Crippen molar-refractivity contribution in [2.75, 3.05) is 13.2 Å². The Morgan fingerprint density at radius 3 is 2.75 bits per heavy atom. The molecule has 3 saturated carbocycles. The second kappa shape index (κ2) is 4.66. The van der Waals surface area contributed by atoms with Gasteiger partial charge in [0.15, 0.2) is 0 Å². The zero-order valence-corrected chi connectivity index (χ0v) is 10.9. The van der Waals surface area contributed by atoms with Gasteiger partial charge in [0.25, 0.3) is 0 Å². The lowest BCUT2D eigenvalue weighted by atomic mass is 9.45. The molecular formula is C13H21ClO2. The summed E-state index contributed by atoms with van der Waals surface area (Å²) in [7, 11) is 0. The van der Waals surface area contributed by atoms with Crippen LogP contribution in [0.5, 0.6) is 0 Å². The lowest BCUT2D eigenvalue weighted by molar-refractivity contribution is -0.119. The van der Waals surface area contributed by atoms with Crippen LogP contribution in [0.4, 0.5) is 0 Å². The summed E-state index contributed by atoms with van der Waals surface area (Å²) in [6, 6.07) is 0. The van der Waals surface area contributed by atoms with Gasteiger partial charge in [-0.1, -0.05) is 13.8 Å². The van der Waals surface area contributed by atoms with Gasteiger partial charge in [-0.05, 0) is 60.5 Å². The van der Waals surface area contributed by atoms with E-state index < -0.39 is 5.24 Å². The first-order valence-electron chi connectivity index (χ1n) is 6.28. The standard InChI is InChI=1S/C13H21ClO2/c1-13(2)10-4-3-9(11(13)7-10)5-6-16-8-12(14)15/h9-11H,3-8H2,1-2H3/t9-,10-,11-/m0/s1. The van der Waals surface area contributed by atoms with Crippen LogP contribution in [-0.4, -0.2) is 18.5 Å². The number of hydrogen-bond acceptors (Lipinski definition) is 2. The number of hydrogen-bond donors (Lipinski definition) is 0. The summed E-state index contributed by atoms with van der Waals surface area (Å²) in [5.74, 6) is 2.63. The summed E-state index contributed by atoms with van der Waals surface area (Å²) in [4.78, 5) is 10.5.